The average Bonchev–Trinajstić information content (AvgIpc) is 2.25. The maximum absolute atomic E-state index is 11.5. The molecule has 1 fully saturated rings. The molecule has 1 saturated heterocycles. The van der Waals surface area contributed by atoms with Crippen LogP contribution in [-0.2, 0) is 6.42 Å². The number of piperazine rings is 1. The standard InChI is InChI=1S/C15H23N3O2.2ClH/c1-11-7-13(8-12(2)16-11)9-15(3)10-17(4)5-6-18(15)14(19)20;;/h7-8H,5-6,9-10H2,1-4H3,(H,19,20);2*1H/t15-;;/m0../s1. The number of nitrogens with zero attached hydrogens (tertiary/aromatic N) is 3. The molecular weight excluding hydrogens is 325 g/mol. The largest absolute Gasteiger partial charge is 0.465 e. The summed E-state index contributed by atoms with van der Waals surface area (Å²) in [6.45, 7) is 8.07. The average molecular weight is 350 g/mol. The molecule has 1 N–H and O–H groups in total. The highest BCUT2D eigenvalue weighted by Crippen LogP contribution is 2.26. The van der Waals surface area contributed by atoms with Gasteiger partial charge < -0.3 is 14.9 Å². The second-order valence-corrected chi connectivity index (χ2v) is 6.10. The van der Waals surface area contributed by atoms with Crippen LogP contribution in [-0.4, -0.2) is 58.2 Å². The van der Waals surface area contributed by atoms with Crippen LogP contribution in [0.3, 0.4) is 0 Å². The second kappa shape index (κ2) is 7.99. The predicted molar refractivity (Wildman–Crippen MR) is 92.5 cm³/mol. The third-order valence-electron chi connectivity index (χ3n) is 3.92. The molecule has 7 heteroatoms. The number of carboxylic acid groups (broad SMARTS) is 1. The first-order chi connectivity index (χ1) is 9.30. The summed E-state index contributed by atoms with van der Waals surface area (Å²) in [7, 11) is 2.04. The van der Waals surface area contributed by atoms with Gasteiger partial charge in [0.25, 0.3) is 0 Å². The van der Waals surface area contributed by atoms with E-state index in [1.54, 1.807) is 4.90 Å². The number of halogens is 2. The lowest BCUT2D eigenvalue weighted by Crippen LogP contribution is -2.62. The van der Waals surface area contributed by atoms with Gasteiger partial charge >= 0.3 is 6.09 Å². The van der Waals surface area contributed by atoms with Crippen LogP contribution in [0.15, 0.2) is 12.1 Å². The van der Waals surface area contributed by atoms with Crippen molar-refractivity contribution in [2.45, 2.75) is 32.7 Å². The number of carbonyl (C=O) groups is 1. The molecule has 2 rings (SSSR count). The first-order valence-electron chi connectivity index (χ1n) is 6.93. The number of likely N-dealkylation sites (N-methyl/N-ethyl adjacent to an activating group) is 1. The molecule has 1 aromatic rings. The van der Waals surface area contributed by atoms with Crippen LogP contribution in [0.4, 0.5) is 4.79 Å². The Labute approximate surface area is 144 Å². The van der Waals surface area contributed by atoms with E-state index >= 15 is 0 Å². The lowest BCUT2D eigenvalue weighted by atomic mass is 9.88. The van der Waals surface area contributed by atoms with E-state index in [0.29, 0.717) is 13.0 Å². The van der Waals surface area contributed by atoms with E-state index in [1.807, 2.05) is 40.0 Å². The fourth-order valence-corrected chi connectivity index (χ4v) is 3.23. The highest BCUT2D eigenvalue weighted by atomic mass is 35.5. The first kappa shape index (κ1) is 21.0. The molecule has 0 bridgehead atoms. The van der Waals surface area contributed by atoms with Gasteiger partial charge in [0, 0.05) is 31.0 Å². The molecule has 0 radical (unpaired) electrons. The van der Waals surface area contributed by atoms with Gasteiger partial charge in [-0.3, -0.25) is 4.98 Å². The Kier molecular flexibility index (Phi) is 7.62. The van der Waals surface area contributed by atoms with Crippen molar-refractivity contribution in [1.82, 2.24) is 14.8 Å². The van der Waals surface area contributed by atoms with Crippen LogP contribution < -0.4 is 0 Å². The van der Waals surface area contributed by atoms with E-state index in [4.69, 9.17) is 0 Å². The van der Waals surface area contributed by atoms with Crippen molar-refractivity contribution in [1.29, 1.82) is 0 Å². The molecule has 1 amide bonds. The molecule has 0 spiro atoms. The smallest absolute Gasteiger partial charge is 0.407 e. The van der Waals surface area contributed by atoms with Gasteiger partial charge in [-0.25, -0.2) is 4.79 Å². The normalized spacial score (nSPS) is 21.7. The van der Waals surface area contributed by atoms with Crippen LogP contribution in [0.1, 0.15) is 23.9 Å². The summed E-state index contributed by atoms with van der Waals surface area (Å²) in [4.78, 5) is 19.7. The number of hydrogen-bond acceptors (Lipinski definition) is 3. The van der Waals surface area contributed by atoms with E-state index < -0.39 is 6.09 Å². The Hall–Kier alpha value is -1.04. The van der Waals surface area contributed by atoms with Crippen LogP contribution in [0.25, 0.3) is 0 Å². The Morgan fingerprint density at radius 2 is 1.82 bits per heavy atom. The molecule has 0 aliphatic carbocycles. The number of aromatic nitrogens is 1. The minimum Gasteiger partial charge on any atom is -0.465 e. The zero-order chi connectivity index (χ0) is 14.9. The monoisotopic (exact) mass is 349 g/mol. The van der Waals surface area contributed by atoms with Gasteiger partial charge in [-0.2, -0.15) is 0 Å². The molecule has 126 valence electrons. The second-order valence-electron chi connectivity index (χ2n) is 6.10. The van der Waals surface area contributed by atoms with Crippen molar-refractivity contribution in [3.05, 3.63) is 29.1 Å². The summed E-state index contributed by atoms with van der Waals surface area (Å²) in [6.07, 6.45) is -0.114. The van der Waals surface area contributed by atoms with Crippen molar-refractivity contribution >= 4 is 30.9 Å². The van der Waals surface area contributed by atoms with Crippen molar-refractivity contribution < 1.29 is 9.90 Å². The molecule has 1 aliphatic heterocycles. The van der Waals surface area contributed by atoms with Crippen molar-refractivity contribution in [2.75, 3.05) is 26.7 Å². The van der Waals surface area contributed by atoms with Gasteiger partial charge in [0.2, 0.25) is 0 Å². The number of pyridine rings is 1. The SMILES string of the molecule is Cc1cc(C[C@@]2(C)CN(C)CCN2C(=O)O)cc(C)n1.Cl.Cl. The molecule has 0 unspecified atom stereocenters. The van der Waals surface area contributed by atoms with Gasteiger partial charge in [-0.1, -0.05) is 0 Å². The molecule has 0 aromatic carbocycles. The van der Waals surface area contributed by atoms with Crippen LogP contribution >= 0.6 is 24.8 Å². The van der Waals surface area contributed by atoms with Crippen molar-refractivity contribution in [3.8, 4) is 0 Å². The highest BCUT2D eigenvalue weighted by molar-refractivity contribution is 5.85. The molecule has 5 nitrogen and oxygen atoms in total. The Morgan fingerprint density at radius 1 is 1.27 bits per heavy atom. The maximum atomic E-state index is 11.5. The van der Waals surface area contributed by atoms with E-state index in [0.717, 1.165) is 30.0 Å². The number of hydrogen-bond donors (Lipinski definition) is 1. The lowest BCUT2D eigenvalue weighted by Gasteiger charge is -2.47. The van der Waals surface area contributed by atoms with E-state index in [1.165, 1.54) is 0 Å². The van der Waals surface area contributed by atoms with Crippen molar-refractivity contribution in [2.24, 2.45) is 0 Å². The maximum Gasteiger partial charge on any atom is 0.407 e. The molecule has 2 heterocycles. The summed E-state index contributed by atoms with van der Waals surface area (Å²) >= 11 is 0. The summed E-state index contributed by atoms with van der Waals surface area (Å²) in [6, 6.07) is 4.10. The zero-order valence-corrected chi connectivity index (χ0v) is 15.1. The quantitative estimate of drug-likeness (QED) is 0.891. The van der Waals surface area contributed by atoms with E-state index in [-0.39, 0.29) is 30.4 Å². The lowest BCUT2D eigenvalue weighted by molar-refractivity contribution is 0.0256. The minimum atomic E-state index is -0.830. The Morgan fingerprint density at radius 3 is 2.32 bits per heavy atom. The summed E-state index contributed by atoms with van der Waals surface area (Å²) < 4.78 is 0. The van der Waals surface area contributed by atoms with E-state index in [2.05, 4.69) is 9.88 Å². The Bertz CT molecular complexity index is 507. The predicted octanol–water partition coefficient (Wildman–Crippen LogP) is 2.77. The van der Waals surface area contributed by atoms with Crippen LogP contribution in [0.2, 0.25) is 0 Å². The van der Waals surface area contributed by atoms with Crippen molar-refractivity contribution in [3.63, 3.8) is 0 Å². The van der Waals surface area contributed by atoms with Crippen LogP contribution in [0, 0.1) is 13.8 Å². The van der Waals surface area contributed by atoms with Gasteiger partial charge in [0.1, 0.15) is 0 Å². The first-order valence-corrected chi connectivity index (χ1v) is 6.93. The minimum absolute atomic E-state index is 0. The highest BCUT2D eigenvalue weighted by Gasteiger charge is 2.39. The molecule has 1 aromatic heterocycles. The molecule has 1 aliphatic rings. The zero-order valence-electron chi connectivity index (χ0n) is 13.5. The number of aryl methyl sites for hydroxylation is 2. The molecular formula is C15H25Cl2N3O2. The van der Waals surface area contributed by atoms with Crippen LogP contribution in [0.5, 0.6) is 0 Å². The third kappa shape index (κ3) is 4.73. The van der Waals surface area contributed by atoms with Gasteiger partial charge in [-0.05, 0) is 51.9 Å². The third-order valence-corrected chi connectivity index (χ3v) is 3.92. The fourth-order valence-electron chi connectivity index (χ4n) is 3.23. The Balaban J connectivity index is 0.00000220. The van der Waals surface area contributed by atoms with Gasteiger partial charge in [-0.15, -0.1) is 24.8 Å². The molecule has 22 heavy (non-hydrogen) atoms. The summed E-state index contributed by atoms with van der Waals surface area (Å²) in [5.74, 6) is 0. The van der Waals surface area contributed by atoms with E-state index in [9.17, 15) is 9.90 Å². The summed E-state index contributed by atoms with van der Waals surface area (Å²) in [5.41, 5.74) is 2.72. The summed E-state index contributed by atoms with van der Waals surface area (Å²) in [5, 5.41) is 9.44. The van der Waals surface area contributed by atoms with Gasteiger partial charge in [0.05, 0.1) is 5.54 Å². The molecule has 0 saturated carbocycles. The van der Waals surface area contributed by atoms with Gasteiger partial charge in [0.15, 0.2) is 0 Å². The number of rotatable bonds is 2. The topological polar surface area (TPSA) is 56.7 Å². The molecule has 1 atom stereocenters. The number of amides is 1. The fraction of sp³-hybridized carbons (Fsp3) is 0.600.